The van der Waals surface area contributed by atoms with Gasteiger partial charge in [0.15, 0.2) is 0 Å². The van der Waals surface area contributed by atoms with Gasteiger partial charge in [0.2, 0.25) is 11.9 Å². The molecule has 2 aromatic carbocycles. The molecule has 0 spiro atoms. The number of benzene rings is 2. The number of hydrogen-bond donors (Lipinski definition) is 1. The van der Waals surface area contributed by atoms with Crippen LogP contribution < -0.4 is 5.73 Å². The topological polar surface area (TPSA) is 86.2 Å². The maximum absolute atomic E-state index is 12.1. The molecule has 0 radical (unpaired) electrons. The Morgan fingerprint density at radius 2 is 1.64 bits per heavy atom. The third-order valence-corrected chi connectivity index (χ3v) is 4.08. The summed E-state index contributed by atoms with van der Waals surface area (Å²) in [6, 6.07) is 16.6. The summed E-state index contributed by atoms with van der Waals surface area (Å²) in [7, 11) is 0. The molecular weight excluding hydrogens is 280 g/mol. The molecule has 2 rings (SSSR count). The minimum absolute atomic E-state index is 0.141. The molecular formula is C17H18N2O3. The molecule has 0 aliphatic carbocycles. The number of primary amides is 1. The molecule has 2 unspecified atom stereocenters. The lowest BCUT2D eigenvalue weighted by atomic mass is 9.73. The molecule has 0 aliphatic rings. The predicted octanol–water partition coefficient (Wildman–Crippen LogP) is 2.32. The van der Waals surface area contributed by atoms with Crippen LogP contribution in [-0.2, 0) is 16.6 Å². The van der Waals surface area contributed by atoms with E-state index in [1.54, 1.807) is 37.3 Å². The highest BCUT2D eigenvalue weighted by Gasteiger charge is 2.49. The molecule has 2 atom stereocenters. The van der Waals surface area contributed by atoms with E-state index in [0.717, 1.165) is 5.56 Å². The van der Waals surface area contributed by atoms with Crippen LogP contribution in [0, 0.1) is 10.1 Å². The van der Waals surface area contributed by atoms with Gasteiger partial charge in [0.1, 0.15) is 5.41 Å². The van der Waals surface area contributed by atoms with Gasteiger partial charge in [0.25, 0.3) is 0 Å². The molecule has 0 fully saturated rings. The number of carbonyl (C=O) groups is 1. The van der Waals surface area contributed by atoms with E-state index in [4.69, 9.17) is 5.73 Å². The highest BCUT2D eigenvalue weighted by atomic mass is 16.6. The summed E-state index contributed by atoms with van der Waals surface area (Å²) in [6.07, 6.45) is 0.141. The van der Waals surface area contributed by atoms with E-state index >= 15 is 0 Å². The second-order valence-corrected chi connectivity index (χ2v) is 5.42. The van der Waals surface area contributed by atoms with Crippen molar-refractivity contribution in [3.8, 4) is 0 Å². The molecule has 0 aliphatic heterocycles. The fraction of sp³-hybridized carbons (Fsp3) is 0.235. The molecule has 0 bridgehead atoms. The SMILES string of the molecule is CC(C(N)=O)(c1ccccc1)C(Cc1ccccc1)[N+](=O)[O-]. The summed E-state index contributed by atoms with van der Waals surface area (Å²) in [5.41, 5.74) is 5.53. The minimum Gasteiger partial charge on any atom is -0.369 e. The van der Waals surface area contributed by atoms with Gasteiger partial charge in [-0.3, -0.25) is 14.9 Å². The number of nitrogens with two attached hydrogens (primary N) is 1. The van der Waals surface area contributed by atoms with Crippen molar-refractivity contribution in [1.82, 2.24) is 0 Å². The smallest absolute Gasteiger partial charge is 0.235 e. The molecule has 114 valence electrons. The fourth-order valence-electron chi connectivity index (χ4n) is 2.61. The van der Waals surface area contributed by atoms with E-state index < -0.39 is 22.3 Å². The molecule has 0 aromatic heterocycles. The molecule has 1 amide bonds. The zero-order chi connectivity index (χ0) is 16.2. The van der Waals surface area contributed by atoms with Crippen LogP contribution in [0.1, 0.15) is 18.1 Å². The summed E-state index contributed by atoms with van der Waals surface area (Å²) >= 11 is 0. The second-order valence-electron chi connectivity index (χ2n) is 5.42. The number of nitro groups is 1. The van der Waals surface area contributed by atoms with Crippen molar-refractivity contribution in [3.63, 3.8) is 0 Å². The molecule has 2 aromatic rings. The van der Waals surface area contributed by atoms with Gasteiger partial charge in [-0.25, -0.2) is 0 Å². The second kappa shape index (κ2) is 6.39. The summed E-state index contributed by atoms with van der Waals surface area (Å²) in [4.78, 5) is 23.3. The van der Waals surface area contributed by atoms with Crippen LogP contribution in [0.3, 0.4) is 0 Å². The van der Waals surface area contributed by atoms with Crippen molar-refractivity contribution in [1.29, 1.82) is 0 Å². The zero-order valence-corrected chi connectivity index (χ0v) is 12.3. The Hall–Kier alpha value is -2.69. The molecule has 0 heterocycles. The Balaban J connectivity index is 2.47. The lowest BCUT2D eigenvalue weighted by Crippen LogP contribution is -2.52. The number of amides is 1. The van der Waals surface area contributed by atoms with Gasteiger partial charge in [0, 0.05) is 11.3 Å². The van der Waals surface area contributed by atoms with E-state index in [-0.39, 0.29) is 6.42 Å². The van der Waals surface area contributed by atoms with Gasteiger partial charge in [-0.15, -0.1) is 0 Å². The third-order valence-electron chi connectivity index (χ3n) is 4.08. The van der Waals surface area contributed by atoms with E-state index in [0.29, 0.717) is 5.56 Å². The first kappa shape index (κ1) is 15.7. The van der Waals surface area contributed by atoms with Crippen molar-refractivity contribution in [3.05, 3.63) is 81.9 Å². The lowest BCUT2D eigenvalue weighted by molar-refractivity contribution is -0.531. The summed E-state index contributed by atoms with van der Waals surface area (Å²) in [6.45, 7) is 1.54. The van der Waals surface area contributed by atoms with Crippen LogP contribution in [0.25, 0.3) is 0 Å². The number of nitrogens with zero attached hydrogens (tertiary/aromatic N) is 1. The molecule has 5 heteroatoms. The van der Waals surface area contributed by atoms with Gasteiger partial charge >= 0.3 is 0 Å². The first-order valence-corrected chi connectivity index (χ1v) is 6.99. The van der Waals surface area contributed by atoms with Gasteiger partial charge < -0.3 is 5.73 Å². The van der Waals surface area contributed by atoms with Gasteiger partial charge in [-0.05, 0) is 18.1 Å². The standard InChI is InChI=1S/C17H18N2O3/c1-17(16(18)20,14-10-6-3-7-11-14)15(19(21)22)12-13-8-4-2-5-9-13/h2-11,15H,12H2,1H3,(H2,18,20). The van der Waals surface area contributed by atoms with Crippen molar-refractivity contribution >= 4 is 5.91 Å². The summed E-state index contributed by atoms with van der Waals surface area (Å²) < 4.78 is 0. The maximum atomic E-state index is 12.1. The average Bonchev–Trinajstić information content (AvgIpc) is 2.53. The number of hydrogen-bond acceptors (Lipinski definition) is 3. The first-order chi connectivity index (χ1) is 10.5. The Morgan fingerprint density at radius 1 is 1.14 bits per heavy atom. The quantitative estimate of drug-likeness (QED) is 0.656. The van der Waals surface area contributed by atoms with Gasteiger partial charge in [-0.1, -0.05) is 60.7 Å². The van der Waals surface area contributed by atoms with Crippen LogP contribution in [-0.4, -0.2) is 16.9 Å². The van der Waals surface area contributed by atoms with E-state index in [1.807, 2.05) is 30.3 Å². The highest BCUT2D eigenvalue weighted by molar-refractivity contribution is 5.87. The molecule has 0 saturated heterocycles. The van der Waals surface area contributed by atoms with Gasteiger partial charge in [-0.2, -0.15) is 0 Å². The van der Waals surface area contributed by atoms with Crippen molar-refractivity contribution in [2.45, 2.75) is 24.8 Å². The molecule has 5 nitrogen and oxygen atoms in total. The Morgan fingerprint density at radius 3 is 2.09 bits per heavy atom. The van der Waals surface area contributed by atoms with Gasteiger partial charge in [0.05, 0.1) is 0 Å². The maximum Gasteiger partial charge on any atom is 0.235 e. The minimum atomic E-state index is -1.37. The van der Waals surface area contributed by atoms with Crippen molar-refractivity contribution in [2.75, 3.05) is 0 Å². The predicted molar refractivity (Wildman–Crippen MR) is 83.9 cm³/mol. The monoisotopic (exact) mass is 298 g/mol. The van der Waals surface area contributed by atoms with Crippen LogP contribution in [0.4, 0.5) is 0 Å². The van der Waals surface area contributed by atoms with Crippen LogP contribution >= 0.6 is 0 Å². The first-order valence-electron chi connectivity index (χ1n) is 6.99. The average molecular weight is 298 g/mol. The van der Waals surface area contributed by atoms with Crippen LogP contribution in [0.2, 0.25) is 0 Å². The highest BCUT2D eigenvalue weighted by Crippen LogP contribution is 2.31. The largest absolute Gasteiger partial charge is 0.369 e. The Labute approximate surface area is 128 Å². The van der Waals surface area contributed by atoms with E-state index in [2.05, 4.69) is 0 Å². The summed E-state index contributed by atoms with van der Waals surface area (Å²) in [5, 5.41) is 11.6. The zero-order valence-electron chi connectivity index (χ0n) is 12.3. The lowest BCUT2D eigenvalue weighted by Gasteiger charge is -2.29. The number of rotatable bonds is 6. The van der Waals surface area contributed by atoms with Crippen molar-refractivity contribution in [2.24, 2.45) is 5.73 Å². The van der Waals surface area contributed by atoms with E-state index in [1.165, 1.54) is 0 Å². The normalized spacial score (nSPS) is 14.8. The van der Waals surface area contributed by atoms with Crippen LogP contribution in [0.5, 0.6) is 0 Å². The molecule has 2 N–H and O–H groups in total. The Bertz CT molecular complexity index is 658. The van der Waals surface area contributed by atoms with Crippen molar-refractivity contribution < 1.29 is 9.72 Å². The van der Waals surface area contributed by atoms with E-state index in [9.17, 15) is 14.9 Å². The van der Waals surface area contributed by atoms with Crippen LogP contribution in [0.15, 0.2) is 60.7 Å². The summed E-state index contributed by atoms with van der Waals surface area (Å²) in [5.74, 6) is -0.698. The molecule has 0 saturated carbocycles. The Kier molecular flexibility index (Phi) is 4.56. The molecule has 22 heavy (non-hydrogen) atoms. The number of carbonyl (C=O) groups excluding carboxylic acids is 1. The third kappa shape index (κ3) is 2.98. The fourth-order valence-corrected chi connectivity index (χ4v) is 2.61.